The van der Waals surface area contributed by atoms with Gasteiger partial charge in [0.1, 0.15) is 4.70 Å². The summed E-state index contributed by atoms with van der Waals surface area (Å²) < 4.78 is 4.33. The minimum absolute atomic E-state index is 0.314. The molecule has 4 nitrogen and oxygen atoms in total. The number of hydrogen-bond acceptors (Lipinski definition) is 3. The lowest BCUT2D eigenvalue weighted by Gasteiger charge is -2.13. The number of thiophene rings is 1. The van der Waals surface area contributed by atoms with Crippen LogP contribution in [-0.4, -0.2) is 9.13 Å². The first-order valence-corrected chi connectivity index (χ1v) is 10.8. The second-order valence-corrected chi connectivity index (χ2v) is 8.82. The van der Waals surface area contributed by atoms with Crippen molar-refractivity contribution in [1.82, 2.24) is 9.13 Å². The molecule has 0 aliphatic heterocycles. The van der Waals surface area contributed by atoms with Crippen molar-refractivity contribution in [2.24, 2.45) is 0 Å². The summed E-state index contributed by atoms with van der Waals surface area (Å²) in [5, 5.41) is 1.97. The second-order valence-electron chi connectivity index (χ2n) is 6.89. The summed E-state index contributed by atoms with van der Waals surface area (Å²) in [5.41, 5.74) is 1.26. The third-order valence-corrected chi connectivity index (χ3v) is 6.61. The molecule has 0 aliphatic rings. The van der Waals surface area contributed by atoms with Gasteiger partial charge in [-0.1, -0.05) is 59.6 Å². The lowest BCUT2D eigenvalue weighted by atomic mass is 10.2. The van der Waals surface area contributed by atoms with E-state index in [4.69, 9.17) is 23.2 Å². The molecule has 0 radical (unpaired) electrons. The zero-order valence-electron chi connectivity index (χ0n) is 15.5. The molecule has 148 valence electrons. The maximum Gasteiger partial charge on any atom is 0.336 e. The summed E-state index contributed by atoms with van der Waals surface area (Å²) in [5.74, 6) is 0. The van der Waals surface area contributed by atoms with Gasteiger partial charge in [-0.15, -0.1) is 11.3 Å². The van der Waals surface area contributed by atoms with Gasteiger partial charge in [0.2, 0.25) is 0 Å². The fourth-order valence-electron chi connectivity index (χ4n) is 3.61. The van der Waals surface area contributed by atoms with Gasteiger partial charge in [-0.05, 0) is 42.0 Å². The number of aromatic nitrogens is 2. The van der Waals surface area contributed by atoms with Crippen molar-refractivity contribution in [2.45, 2.75) is 6.54 Å². The van der Waals surface area contributed by atoms with E-state index >= 15 is 0 Å². The van der Waals surface area contributed by atoms with Gasteiger partial charge in [-0.3, -0.25) is 9.36 Å². The van der Waals surface area contributed by atoms with Crippen LogP contribution in [0.2, 0.25) is 10.0 Å². The molecule has 0 saturated heterocycles. The van der Waals surface area contributed by atoms with Gasteiger partial charge in [0.25, 0.3) is 5.56 Å². The zero-order valence-corrected chi connectivity index (χ0v) is 17.8. The van der Waals surface area contributed by atoms with Crippen LogP contribution in [0.5, 0.6) is 0 Å². The Morgan fingerprint density at radius 2 is 1.60 bits per heavy atom. The van der Waals surface area contributed by atoms with Crippen molar-refractivity contribution >= 4 is 54.8 Å². The van der Waals surface area contributed by atoms with Gasteiger partial charge in [0.15, 0.2) is 0 Å². The molecule has 0 unspecified atom stereocenters. The first-order chi connectivity index (χ1) is 14.5. The van der Waals surface area contributed by atoms with E-state index in [0.717, 1.165) is 15.6 Å². The molecule has 30 heavy (non-hydrogen) atoms. The number of halogens is 2. The summed E-state index contributed by atoms with van der Waals surface area (Å²) >= 11 is 13.5. The Labute approximate surface area is 185 Å². The Kier molecular flexibility index (Phi) is 4.74. The molecule has 3 aromatic carbocycles. The average molecular weight is 453 g/mol. The van der Waals surface area contributed by atoms with Gasteiger partial charge in [0, 0.05) is 20.1 Å². The number of rotatable bonds is 3. The van der Waals surface area contributed by atoms with Gasteiger partial charge < -0.3 is 0 Å². The van der Waals surface area contributed by atoms with E-state index in [1.807, 2.05) is 36.4 Å². The van der Waals surface area contributed by atoms with Crippen LogP contribution in [0.3, 0.4) is 0 Å². The van der Waals surface area contributed by atoms with E-state index in [1.165, 1.54) is 15.9 Å². The summed E-state index contributed by atoms with van der Waals surface area (Å²) in [6, 6.07) is 21.8. The van der Waals surface area contributed by atoms with Gasteiger partial charge in [-0.25, -0.2) is 9.36 Å². The maximum absolute atomic E-state index is 13.6. The van der Waals surface area contributed by atoms with Crippen LogP contribution in [0.4, 0.5) is 0 Å². The topological polar surface area (TPSA) is 44.0 Å². The zero-order chi connectivity index (χ0) is 20.8. The quantitative estimate of drug-likeness (QED) is 0.351. The normalized spacial score (nSPS) is 11.4. The molecule has 2 aromatic heterocycles. The highest BCUT2D eigenvalue weighted by Gasteiger charge is 2.19. The Hall–Kier alpha value is -2.86. The molecular weight excluding hydrogens is 439 g/mol. The number of benzene rings is 3. The van der Waals surface area contributed by atoms with Gasteiger partial charge in [-0.2, -0.15) is 0 Å². The van der Waals surface area contributed by atoms with E-state index in [1.54, 1.807) is 41.0 Å². The van der Waals surface area contributed by atoms with Gasteiger partial charge >= 0.3 is 5.69 Å². The van der Waals surface area contributed by atoms with Crippen molar-refractivity contribution in [2.75, 3.05) is 0 Å². The van der Waals surface area contributed by atoms with Crippen LogP contribution < -0.4 is 11.2 Å². The molecular formula is C23H14Cl2N2O2S. The van der Waals surface area contributed by atoms with E-state index in [9.17, 15) is 9.59 Å². The molecule has 7 heteroatoms. The fraction of sp³-hybridized carbons (Fsp3) is 0.0435. The molecule has 0 aliphatic carbocycles. The lowest BCUT2D eigenvalue weighted by Crippen LogP contribution is -2.38. The molecule has 0 atom stereocenters. The molecule has 2 heterocycles. The second kappa shape index (κ2) is 7.43. The standard InChI is InChI=1S/C23H14Cl2N2O2S/c24-15-10-8-14(9-11-15)13-26-20-18-6-1-2-7-19(18)30-21(20)22(28)27(23(26)29)17-5-3-4-16(25)12-17/h1-12H,13H2. The predicted molar refractivity (Wildman–Crippen MR) is 125 cm³/mol. The molecule has 0 N–H and O–H groups in total. The molecule has 0 amide bonds. The Morgan fingerprint density at radius 3 is 2.37 bits per heavy atom. The maximum atomic E-state index is 13.6. The van der Waals surface area contributed by atoms with E-state index in [2.05, 4.69) is 0 Å². The van der Waals surface area contributed by atoms with Crippen LogP contribution in [-0.2, 0) is 6.54 Å². The van der Waals surface area contributed by atoms with Crippen molar-refractivity contribution in [3.8, 4) is 5.69 Å². The number of hydrogen-bond donors (Lipinski definition) is 0. The largest absolute Gasteiger partial charge is 0.336 e. The average Bonchev–Trinajstić information content (AvgIpc) is 3.13. The summed E-state index contributed by atoms with van der Waals surface area (Å²) in [4.78, 5) is 27.0. The SMILES string of the molecule is O=c1c2sc3ccccc3c2n(Cc2ccc(Cl)cc2)c(=O)n1-c1cccc(Cl)c1. The first kappa shape index (κ1) is 19.1. The van der Waals surface area contributed by atoms with Crippen LogP contribution in [0.15, 0.2) is 82.4 Å². The van der Waals surface area contributed by atoms with Crippen molar-refractivity contribution in [3.63, 3.8) is 0 Å². The minimum Gasteiger partial charge on any atom is -0.287 e. The highest BCUT2D eigenvalue weighted by Crippen LogP contribution is 2.31. The summed E-state index contributed by atoms with van der Waals surface area (Å²) in [6.07, 6.45) is 0. The summed E-state index contributed by atoms with van der Waals surface area (Å²) in [7, 11) is 0. The first-order valence-electron chi connectivity index (χ1n) is 9.20. The predicted octanol–water partition coefficient (Wildman–Crippen LogP) is 5.72. The monoisotopic (exact) mass is 452 g/mol. The highest BCUT2D eigenvalue weighted by atomic mass is 35.5. The van der Waals surface area contributed by atoms with Crippen molar-refractivity contribution in [1.29, 1.82) is 0 Å². The minimum atomic E-state index is -0.409. The number of nitrogens with zero attached hydrogens (tertiary/aromatic N) is 2. The summed E-state index contributed by atoms with van der Waals surface area (Å²) in [6.45, 7) is 0.314. The van der Waals surface area contributed by atoms with E-state index < -0.39 is 5.69 Å². The molecule has 0 saturated carbocycles. The van der Waals surface area contributed by atoms with Crippen molar-refractivity contribution in [3.05, 3.63) is 109 Å². The molecule has 0 fully saturated rings. The van der Waals surface area contributed by atoms with Crippen LogP contribution in [0.25, 0.3) is 26.0 Å². The van der Waals surface area contributed by atoms with E-state index in [-0.39, 0.29) is 5.56 Å². The molecule has 0 spiro atoms. The molecule has 5 rings (SSSR count). The van der Waals surface area contributed by atoms with E-state index in [0.29, 0.717) is 32.5 Å². The third-order valence-electron chi connectivity index (χ3n) is 4.98. The van der Waals surface area contributed by atoms with Crippen LogP contribution in [0.1, 0.15) is 5.56 Å². The van der Waals surface area contributed by atoms with Gasteiger partial charge in [0.05, 0.1) is 17.7 Å². The smallest absolute Gasteiger partial charge is 0.287 e. The molecule has 0 bridgehead atoms. The van der Waals surface area contributed by atoms with Crippen molar-refractivity contribution < 1.29 is 0 Å². The molecule has 5 aromatic rings. The number of fused-ring (bicyclic) bond motifs is 3. The lowest BCUT2D eigenvalue weighted by molar-refractivity contribution is 0.718. The Morgan fingerprint density at radius 1 is 0.833 bits per heavy atom. The highest BCUT2D eigenvalue weighted by molar-refractivity contribution is 7.25. The Bertz CT molecular complexity index is 1530. The van der Waals surface area contributed by atoms with Crippen LogP contribution in [0, 0.1) is 0 Å². The third kappa shape index (κ3) is 3.16. The van der Waals surface area contributed by atoms with Crippen LogP contribution >= 0.6 is 34.5 Å². The fourth-order valence-corrected chi connectivity index (χ4v) is 5.06. The Balaban J connectivity index is 1.89.